The van der Waals surface area contributed by atoms with Crippen LogP contribution < -0.4 is 20.7 Å². The predicted molar refractivity (Wildman–Crippen MR) is 50.7 cm³/mol. The van der Waals surface area contributed by atoms with Gasteiger partial charge in [-0.3, -0.25) is 0 Å². The monoisotopic (exact) mass is 691 g/mol. The summed E-state index contributed by atoms with van der Waals surface area (Å²) in [6, 6.07) is 0. The van der Waals surface area contributed by atoms with Gasteiger partial charge in [0.15, 0.2) is 0 Å². The fourth-order valence-electron chi connectivity index (χ4n) is 0. The molecule has 0 heterocycles. The molecule has 0 amide bonds. The summed E-state index contributed by atoms with van der Waals surface area (Å²) < 4.78 is 85.3. The molecule has 0 atom stereocenters. The van der Waals surface area contributed by atoms with Crippen LogP contribution in [-0.4, -0.2) is 144 Å². The van der Waals surface area contributed by atoms with E-state index in [4.69, 9.17) is 39.6 Å². The molecule has 0 aliphatic rings. The molecule has 0 spiro atoms. The van der Waals surface area contributed by atoms with Crippen LogP contribution in [0.1, 0.15) is 0 Å². The second kappa shape index (κ2) is 97.6. The molecule has 0 radical (unpaired) electrons. The van der Waals surface area contributed by atoms with Gasteiger partial charge in [0, 0.05) is 0 Å². The van der Waals surface area contributed by atoms with E-state index < -0.39 is 78.5 Å². The fourth-order valence-corrected chi connectivity index (χ4v) is 0. The first kappa shape index (κ1) is 42.7. The summed E-state index contributed by atoms with van der Waals surface area (Å²) in [5.41, 5.74) is 0. The fraction of sp³-hybridized carbons (Fsp3) is 0. The van der Waals surface area contributed by atoms with Gasteiger partial charge in [-0.1, -0.05) is 0 Å². The number of hydrogen-bond donors (Lipinski definition) is 0. The molecule has 0 N–H and O–H groups in total. The van der Waals surface area contributed by atoms with Gasteiger partial charge in [-0.25, -0.2) is 0 Å². The minimum absolute atomic E-state index is 0. The van der Waals surface area contributed by atoms with Crippen molar-refractivity contribution in [1.82, 2.24) is 0 Å². The summed E-state index contributed by atoms with van der Waals surface area (Å²) in [5, 5.41) is 0. The number of rotatable bonds is 0. The average molecular weight is 685 g/mol. The maximum atomic E-state index is 8.53. The molecule has 0 aliphatic heterocycles. The van der Waals surface area contributed by atoms with E-state index in [2.05, 4.69) is 0 Å². The van der Waals surface area contributed by atoms with E-state index >= 15 is 0 Å². The van der Waals surface area contributed by atoms with Crippen molar-refractivity contribution < 1.29 is 39.6 Å². The molecule has 0 aliphatic carbocycles. The van der Waals surface area contributed by atoms with Crippen molar-refractivity contribution in [3.8, 4) is 0 Å². The molecule has 0 aromatic carbocycles. The van der Waals surface area contributed by atoms with Gasteiger partial charge in [-0.2, -0.15) is 0 Å². The molecule has 90 valence electrons. The topological polar surface area (TPSA) is 201 Å². The zero-order valence-corrected chi connectivity index (χ0v) is 26.3. The summed E-state index contributed by atoms with van der Waals surface area (Å²) in [7, 11) is 0. The zero-order valence-electron chi connectivity index (χ0n) is 8.25. The van der Waals surface area contributed by atoms with Crippen LogP contribution >= 0.6 is 0 Å². The summed E-state index contributed by atoms with van der Waals surface area (Å²) in [6.45, 7) is 0. The molecule has 0 fully saturated rings. The van der Waals surface area contributed by atoms with Crippen molar-refractivity contribution in [2.45, 2.75) is 0 Å². The zero-order chi connectivity index (χ0) is 13.5. The van der Waals surface area contributed by atoms with Crippen molar-refractivity contribution in [2.24, 2.45) is 0 Å². The molecular weight excluding hydrogens is 680 g/mol. The molecule has 10 nitrogen and oxygen atoms in total. The second-order valence-electron chi connectivity index (χ2n) is 0.481. The SMILES string of the molecule is [Ga+3].[O]=[GeH][O-].[O]=[GeH][O-].[O]=[GeH][O-].[O]=[GeH][O-].[O]=[GeH][O-].[Sr+2]. The van der Waals surface area contributed by atoms with Crippen molar-refractivity contribution in [3.63, 3.8) is 0 Å². The van der Waals surface area contributed by atoms with E-state index in [1.807, 2.05) is 0 Å². The molecule has 0 aromatic rings. The van der Waals surface area contributed by atoms with Crippen molar-refractivity contribution >= 4 is 144 Å². The smallest absolute Gasteiger partial charge is 2.00 e. The Morgan fingerprint density at radius 2 is 0.471 bits per heavy atom. The molecule has 0 aromatic heterocycles. The Morgan fingerprint density at radius 3 is 0.471 bits per heavy atom. The Kier molecular flexibility index (Phi) is 245. The van der Waals surface area contributed by atoms with Gasteiger partial charge < -0.3 is 0 Å². The van der Waals surface area contributed by atoms with Crippen LogP contribution in [0.2, 0.25) is 0 Å². The third-order valence-electron chi connectivity index (χ3n) is 0. The largest absolute Gasteiger partial charge is 2.00 e. The van der Waals surface area contributed by atoms with Crippen molar-refractivity contribution in [1.29, 1.82) is 0 Å². The van der Waals surface area contributed by atoms with Crippen LogP contribution in [0, 0.1) is 0 Å². The standard InChI is InChI=1S/Ga.5GeHO2.Sr/c;5*2-1-3;/h;5*1H;/q+3;5*-1;+2. The summed E-state index contributed by atoms with van der Waals surface area (Å²) in [4.78, 5) is 0. The van der Waals surface area contributed by atoms with E-state index in [-0.39, 0.29) is 65.3 Å². The van der Waals surface area contributed by atoms with Gasteiger partial charge in [0.2, 0.25) is 0 Å². The second-order valence-corrected chi connectivity index (χ2v) is 2.50. The van der Waals surface area contributed by atoms with E-state index in [0.717, 1.165) is 0 Å². The molecule has 0 saturated heterocycles. The summed E-state index contributed by atoms with van der Waals surface area (Å²) in [6.07, 6.45) is 0. The first-order chi connectivity index (χ1) is 7.07. The van der Waals surface area contributed by atoms with Crippen LogP contribution in [0.5, 0.6) is 0 Å². The third kappa shape index (κ3) is 666. The van der Waals surface area contributed by atoms with E-state index in [1.54, 1.807) is 0 Å². The molecule has 17 heavy (non-hydrogen) atoms. The van der Waals surface area contributed by atoms with Gasteiger partial charge in [0.05, 0.1) is 0 Å². The Bertz CT molecular complexity index is 97.0. The van der Waals surface area contributed by atoms with Crippen LogP contribution in [0.25, 0.3) is 0 Å². The Hall–Kier alpha value is 2.83. The minimum Gasteiger partial charge on any atom is 2.00 e. The quantitative estimate of drug-likeness (QED) is 0.221. The Balaban J connectivity index is -0.0000000143. The van der Waals surface area contributed by atoms with Crippen LogP contribution in [0.3, 0.4) is 0 Å². The van der Waals surface area contributed by atoms with E-state index in [1.165, 1.54) is 0 Å². The van der Waals surface area contributed by atoms with Gasteiger partial charge in [-0.05, 0) is 0 Å². The first-order valence-corrected chi connectivity index (χ1v) is 12.2. The molecule has 0 bridgehead atoms. The number of hydrogen-bond acceptors (Lipinski definition) is 10. The summed E-state index contributed by atoms with van der Waals surface area (Å²) >= 11 is -10.9. The first-order valence-electron chi connectivity index (χ1n) is 2.36. The minimum atomic E-state index is -2.19. The van der Waals surface area contributed by atoms with Crippen molar-refractivity contribution in [3.05, 3.63) is 0 Å². The van der Waals surface area contributed by atoms with Gasteiger partial charge >= 0.3 is 183 Å². The maximum Gasteiger partial charge on any atom is 2.00 e. The van der Waals surface area contributed by atoms with Crippen molar-refractivity contribution in [2.75, 3.05) is 0 Å². The molecule has 0 saturated carbocycles. The Morgan fingerprint density at radius 1 is 0.471 bits per heavy atom. The van der Waals surface area contributed by atoms with E-state index in [9.17, 15) is 0 Å². The van der Waals surface area contributed by atoms with Gasteiger partial charge in [0.1, 0.15) is 0 Å². The molecule has 0 rings (SSSR count). The Labute approximate surface area is 180 Å². The average Bonchev–Trinajstić information content (AvgIpc) is 2.09. The molecule has 0 unspecified atom stereocenters. The van der Waals surface area contributed by atoms with Gasteiger partial charge in [-0.15, -0.1) is 0 Å². The third-order valence-corrected chi connectivity index (χ3v) is 0. The van der Waals surface area contributed by atoms with Crippen LogP contribution in [0.4, 0.5) is 0 Å². The summed E-state index contributed by atoms with van der Waals surface area (Å²) in [5.74, 6) is 0. The normalized spacial score (nSPS) is 3.53. The predicted octanol–water partition coefficient (Wildman–Crippen LogP) is -10.5. The maximum absolute atomic E-state index is 8.53. The van der Waals surface area contributed by atoms with Gasteiger partial charge in [0.25, 0.3) is 0 Å². The van der Waals surface area contributed by atoms with Crippen LogP contribution in [-0.2, 0) is 18.9 Å². The molecular formula is H5GaGe5O10Sr. The van der Waals surface area contributed by atoms with E-state index in [0.29, 0.717) is 0 Å². The molecule has 17 heteroatoms. The van der Waals surface area contributed by atoms with Crippen LogP contribution in [0.15, 0.2) is 0 Å².